The molecule has 1 aromatic heterocycles. The van der Waals surface area contributed by atoms with Gasteiger partial charge >= 0.3 is 0 Å². The van der Waals surface area contributed by atoms with Crippen molar-refractivity contribution in [2.75, 3.05) is 0 Å². The highest BCUT2D eigenvalue weighted by Gasteiger charge is 2.18. The van der Waals surface area contributed by atoms with E-state index in [0.717, 1.165) is 19.3 Å². The Labute approximate surface area is 104 Å². The molecule has 3 rings (SSSR count). The number of aromatic nitrogens is 2. The fraction of sp³-hybridized carbons (Fsp3) is 0.286. The number of para-hydroxylation sites is 1. The lowest BCUT2D eigenvalue weighted by Gasteiger charge is -2.15. The number of aromatic amines is 1. The molecule has 92 valence electrons. The first-order valence-electron chi connectivity index (χ1n) is 6.20. The maximum atomic E-state index is 12.4. The molecule has 18 heavy (non-hydrogen) atoms. The zero-order chi connectivity index (χ0) is 12.5. The molecule has 2 aromatic rings. The van der Waals surface area contributed by atoms with Crippen molar-refractivity contribution in [3.8, 4) is 5.69 Å². The van der Waals surface area contributed by atoms with Crippen molar-refractivity contribution in [3.63, 3.8) is 0 Å². The molecule has 1 aliphatic rings. The zero-order valence-corrected chi connectivity index (χ0v) is 9.98. The molecule has 0 fully saturated rings. The predicted octanol–water partition coefficient (Wildman–Crippen LogP) is 1.40. The van der Waals surface area contributed by atoms with E-state index >= 15 is 0 Å². The van der Waals surface area contributed by atoms with Gasteiger partial charge in [-0.3, -0.25) is 14.7 Å². The Hall–Kier alpha value is -2.10. The maximum absolute atomic E-state index is 12.4. The topological polar surface area (TPSA) is 54.9 Å². The van der Waals surface area contributed by atoms with Gasteiger partial charge in [-0.2, -0.15) is 0 Å². The summed E-state index contributed by atoms with van der Waals surface area (Å²) in [5, 5.41) is 2.67. The number of hydrogen-bond acceptors (Lipinski definition) is 2. The lowest BCUT2D eigenvalue weighted by atomic mass is 9.94. The highest BCUT2D eigenvalue weighted by atomic mass is 16.2. The van der Waals surface area contributed by atoms with Gasteiger partial charge in [-0.05, 0) is 37.8 Å². The summed E-state index contributed by atoms with van der Waals surface area (Å²) in [4.78, 5) is 24.4. The minimum absolute atomic E-state index is 0.0875. The summed E-state index contributed by atoms with van der Waals surface area (Å²) in [5.41, 5.74) is 1.85. The minimum atomic E-state index is -0.131. The summed E-state index contributed by atoms with van der Waals surface area (Å²) < 4.78 is 1.35. The second-order valence-corrected chi connectivity index (χ2v) is 4.58. The average Bonchev–Trinajstić information content (AvgIpc) is 2.44. The van der Waals surface area contributed by atoms with Crippen LogP contribution in [-0.4, -0.2) is 9.78 Å². The van der Waals surface area contributed by atoms with Gasteiger partial charge in [0.25, 0.3) is 11.1 Å². The monoisotopic (exact) mass is 242 g/mol. The summed E-state index contributed by atoms with van der Waals surface area (Å²) in [6, 6.07) is 9.20. The first-order valence-corrected chi connectivity index (χ1v) is 6.20. The predicted molar refractivity (Wildman–Crippen MR) is 69.3 cm³/mol. The van der Waals surface area contributed by atoms with Gasteiger partial charge in [0.2, 0.25) is 0 Å². The van der Waals surface area contributed by atoms with E-state index in [9.17, 15) is 9.59 Å². The molecule has 4 nitrogen and oxygen atoms in total. The van der Waals surface area contributed by atoms with Crippen LogP contribution in [0.25, 0.3) is 5.69 Å². The van der Waals surface area contributed by atoms with Crippen LogP contribution in [0, 0.1) is 0 Å². The number of fused-ring (bicyclic) bond motifs is 1. The van der Waals surface area contributed by atoms with E-state index in [-0.39, 0.29) is 11.1 Å². The van der Waals surface area contributed by atoms with Gasteiger partial charge in [0.05, 0.1) is 5.69 Å². The molecule has 1 heterocycles. The van der Waals surface area contributed by atoms with E-state index in [2.05, 4.69) is 5.10 Å². The fourth-order valence-electron chi connectivity index (χ4n) is 2.51. The van der Waals surface area contributed by atoms with Crippen LogP contribution in [0.3, 0.4) is 0 Å². The summed E-state index contributed by atoms with van der Waals surface area (Å²) >= 11 is 0. The molecule has 1 N–H and O–H groups in total. The van der Waals surface area contributed by atoms with Crippen LogP contribution in [0.1, 0.15) is 24.0 Å². The highest BCUT2D eigenvalue weighted by Crippen LogP contribution is 2.14. The van der Waals surface area contributed by atoms with Gasteiger partial charge in [-0.1, -0.05) is 18.2 Å². The molecule has 4 heteroatoms. The van der Waals surface area contributed by atoms with Crippen LogP contribution in [0.5, 0.6) is 0 Å². The molecule has 1 aromatic carbocycles. The molecule has 0 spiro atoms. The third-order valence-electron chi connectivity index (χ3n) is 3.43. The third kappa shape index (κ3) is 1.70. The van der Waals surface area contributed by atoms with E-state index in [0.29, 0.717) is 23.2 Å². The number of benzene rings is 1. The Kier molecular flexibility index (Phi) is 2.63. The number of nitrogens with one attached hydrogen (secondary N) is 1. The molecule has 0 bridgehead atoms. The maximum Gasteiger partial charge on any atom is 0.273 e. The lowest BCUT2D eigenvalue weighted by molar-refractivity contribution is 0.638. The first-order chi connectivity index (χ1) is 8.77. The number of rotatable bonds is 1. The highest BCUT2D eigenvalue weighted by molar-refractivity contribution is 5.33. The summed E-state index contributed by atoms with van der Waals surface area (Å²) in [7, 11) is 0. The van der Waals surface area contributed by atoms with Crippen molar-refractivity contribution in [3.05, 3.63) is 62.2 Å². The average molecular weight is 242 g/mol. The first kappa shape index (κ1) is 11.0. The van der Waals surface area contributed by atoms with Crippen molar-refractivity contribution >= 4 is 0 Å². The van der Waals surface area contributed by atoms with Crippen LogP contribution in [0.4, 0.5) is 0 Å². The van der Waals surface area contributed by atoms with Crippen molar-refractivity contribution in [2.45, 2.75) is 25.7 Å². The van der Waals surface area contributed by atoms with E-state index in [1.807, 2.05) is 30.3 Å². The molecule has 0 saturated carbocycles. The minimum Gasteiger partial charge on any atom is -0.268 e. The largest absolute Gasteiger partial charge is 0.273 e. The summed E-state index contributed by atoms with van der Waals surface area (Å²) in [6.07, 6.45) is 3.41. The van der Waals surface area contributed by atoms with Crippen LogP contribution in [0.2, 0.25) is 0 Å². The molecular weight excluding hydrogens is 228 g/mol. The quantitative estimate of drug-likeness (QED) is 0.822. The molecule has 1 aliphatic carbocycles. The van der Waals surface area contributed by atoms with Crippen molar-refractivity contribution < 1.29 is 0 Å². The van der Waals surface area contributed by atoms with Crippen LogP contribution < -0.4 is 11.1 Å². The van der Waals surface area contributed by atoms with Gasteiger partial charge in [0.15, 0.2) is 0 Å². The third-order valence-corrected chi connectivity index (χ3v) is 3.43. The number of hydrogen-bond donors (Lipinski definition) is 1. The summed E-state index contributed by atoms with van der Waals surface area (Å²) in [5.74, 6) is 0. The Morgan fingerprint density at radius 3 is 2.33 bits per heavy atom. The van der Waals surface area contributed by atoms with Gasteiger partial charge in [-0.25, -0.2) is 4.68 Å². The molecule has 0 saturated heterocycles. The fourth-order valence-corrected chi connectivity index (χ4v) is 2.51. The van der Waals surface area contributed by atoms with Crippen LogP contribution >= 0.6 is 0 Å². The number of H-pyrrole nitrogens is 1. The second-order valence-electron chi connectivity index (χ2n) is 4.58. The van der Waals surface area contributed by atoms with Gasteiger partial charge in [0.1, 0.15) is 0 Å². The van der Waals surface area contributed by atoms with E-state index in [4.69, 9.17) is 0 Å². The normalized spacial score (nSPS) is 14.2. The van der Waals surface area contributed by atoms with Crippen molar-refractivity contribution in [1.29, 1.82) is 0 Å². The molecular formula is C14H14N2O2. The molecule has 0 atom stereocenters. The van der Waals surface area contributed by atoms with Crippen molar-refractivity contribution in [1.82, 2.24) is 9.78 Å². The second kappa shape index (κ2) is 4.29. The van der Waals surface area contributed by atoms with E-state index in [1.54, 1.807) is 0 Å². The van der Waals surface area contributed by atoms with Gasteiger partial charge < -0.3 is 0 Å². The molecule has 0 unspecified atom stereocenters. The molecule has 0 aliphatic heterocycles. The Bertz CT molecular complexity index is 683. The molecule has 0 radical (unpaired) electrons. The lowest BCUT2D eigenvalue weighted by Crippen LogP contribution is -2.35. The Balaban J connectivity index is 2.27. The van der Waals surface area contributed by atoms with E-state index < -0.39 is 0 Å². The smallest absolute Gasteiger partial charge is 0.268 e. The van der Waals surface area contributed by atoms with E-state index in [1.165, 1.54) is 4.68 Å². The van der Waals surface area contributed by atoms with Crippen LogP contribution in [0.15, 0.2) is 39.9 Å². The Morgan fingerprint density at radius 1 is 0.944 bits per heavy atom. The van der Waals surface area contributed by atoms with Gasteiger partial charge in [-0.15, -0.1) is 0 Å². The van der Waals surface area contributed by atoms with Crippen LogP contribution in [-0.2, 0) is 12.8 Å². The standard InChI is InChI=1S/C14H14N2O2/c17-13-11-8-4-5-9-12(11)14(18)16(15-13)10-6-2-1-3-7-10/h1-3,6-7H,4-5,8-9H2,(H,15,17). The Morgan fingerprint density at radius 2 is 1.61 bits per heavy atom. The number of nitrogens with zero attached hydrogens (tertiary/aromatic N) is 1. The molecule has 0 amide bonds. The van der Waals surface area contributed by atoms with Gasteiger partial charge in [0, 0.05) is 11.1 Å². The summed E-state index contributed by atoms with van der Waals surface area (Å²) in [6.45, 7) is 0. The van der Waals surface area contributed by atoms with Crippen molar-refractivity contribution in [2.24, 2.45) is 0 Å². The SMILES string of the molecule is O=c1[nH]n(-c2ccccc2)c(=O)c2c1CCCC2. The zero-order valence-electron chi connectivity index (χ0n) is 9.98.